The number of aromatic nitrogens is 3. The van der Waals surface area contributed by atoms with Gasteiger partial charge in [-0.15, -0.1) is 0 Å². The summed E-state index contributed by atoms with van der Waals surface area (Å²) in [6.45, 7) is 9.56. The number of hydrogen-bond acceptors (Lipinski definition) is 4. The van der Waals surface area contributed by atoms with Crippen molar-refractivity contribution in [2.24, 2.45) is 0 Å². The fraction of sp³-hybridized carbons (Fsp3) is 0.538. The molecule has 0 fully saturated rings. The number of aryl methyl sites for hydroxylation is 2. The first-order valence-corrected chi connectivity index (χ1v) is 6.23. The molecule has 0 aromatic carbocycles. The van der Waals surface area contributed by atoms with E-state index in [0.717, 1.165) is 24.0 Å². The summed E-state index contributed by atoms with van der Waals surface area (Å²) in [4.78, 5) is 4.29. The highest BCUT2D eigenvalue weighted by Crippen LogP contribution is 2.13. The van der Waals surface area contributed by atoms with Crippen molar-refractivity contribution in [3.8, 4) is 0 Å². The van der Waals surface area contributed by atoms with Gasteiger partial charge in [-0.25, -0.2) is 9.67 Å². The molecule has 0 aliphatic carbocycles. The van der Waals surface area contributed by atoms with E-state index in [0.29, 0.717) is 12.6 Å². The van der Waals surface area contributed by atoms with E-state index in [1.807, 2.05) is 24.6 Å². The van der Waals surface area contributed by atoms with Crippen LogP contribution in [0.1, 0.15) is 36.8 Å². The molecule has 0 radical (unpaired) electrons. The van der Waals surface area contributed by atoms with Gasteiger partial charge in [0.15, 0.2) is 0 Å². The zero-order valence-corrected chi connectivity index (χ0v) is 11.4. The standard InChI is InChI=1S/C13H20N4O/c1-9(2)14-7-12-5-6-18-13(12)8-17-11(4)15-10(3)16-17/h5-6,9,14H,7-8H2,1-4H3. The minimum atomic E-state index is 0.461. The predicted octanol–water partition coefficient (Wildman–Crippen LogP) is 2.03. The van der Waals surface area contributed by atoms with Gasteiger partial charge in [0.1, 0.15) is 24.0 Å². The van der Waals surface area contributed by atoms with E-state index in [4.69, 9.17) is 4.42 Å². The lowest BCUT2D eigenvalue weighted by atomic mass is 10.2. The Kier molecular flexibility index (Phi) is 3.81. The molecule has 0 atom stereocenters. The third kappa shape index (κ3) is 2.98. The van der Waals surface area contributed by atoms with Gasteiger partial charge in [0.05, 0.1) is 6.26 Å². The molecule has 0 amide bonds. The lowest BCUT2D eigenvalue weighted by Crippen LogP contribution is -2.22. The Balaban J connectivity index is 2.10. The molecule has 2 heterocycles. The molecular formula is C13H20N4O. The second kappa shape index (κ2) is 5.35. The normalized spacial score (nSPS) is 11.4. The molecule has 0 unspecified atom stereocenters. The highest BCUT2D eigenvalue weighted by molar-refractivity contribution is 5.17. The van der Waals surface area contributed by atoms with Crippen LogP contribution in [-0.2, 0) is 13.1 Å². The van der Waals surface area contributed by atoms with Crippen LogP contribution >= 0.6 is 0 Å². The molecular weight excluding hydrogens is 228 g/mol. The zero-order valence-electron chi connectivity index (χ0n) is 11.4. The Morgan fingerprint density at radius 3 is 2.78 bits per heavy atom. The summed E-state index contributed by atoms with van der Waals surface area (Å²) in [6, 6.07) is 2.47. The summed E-state index contributed by atoms with van der Waals surface area (Å²) in [6.07, 6.45) is 1.73. The molecule has 0 spiro atoms. The van der Waals surface area contributed by atoms with Crippen LogP contribution < -0.4 is 5.32 Å². The first-order valence-electron chi connectivity index (χ1n) is 6.23. The summed E-state index contributed by atoms with van der Waals surface area (Å²) in [5.41, 5.74) is 1.18. The molecule has 2 rings (SSSR count). The van der Waals surface area contributed by atoms with E-state index in [1.54, 1.807) is 6.26 Å². The lowest BCUT2D eigenvalue weighted by Gasteiger charge is -2.08. The van der Waals surface area contributed by atoms with Crippen molar-refractivity contribution in [1.29, 1.82) is 0 Å². The van der Waals surface area contributed by atoms with Gasteiger partial charge >= 0.3 is 0 Å². The molecule has 0 aliphatic rings. The Morgan fingerprint density at radius 2 is 2.17 bits per heavy atom. The van der Waals surface area contributed by atoms with Crippen molar-refractivity contribution in [2.45, 2.75) is 46.8 Å². The zero-order chi connectivity index (χ0) is 13.1. The molecule has 0 aliphatic heterocycles. The third-order valence-corrected chi connectivity index (χ3v) is 2.79. The summed E-state index contributed by atoms with van der Waals surface area (Å²) in [5, 5.41) is 7.74. The quantitative estimate of drug-likeness (QED) is 0.879. The molecule has 98 valence electrons. The summed E-state index contributed by atoms with van der Waals surface area (Å²) >= 11 is 0. The third-order valence-electron chi connectivity index (χ3n) is 2.79. The van der Waals surface area contributed by atoms with Gasteiger partial charge in [-0.1, -0.05) is 13.8 Å². The average Bonchev–Trinajstić information content (AvgIpc) is 2.84. The van der Waals surface area contributed by atoms with Crippen LogP contribution in [0.2, 0.25) is 0 Å². The van der Waals surface area contributed by atoms with Crippen molar-refractivity contribution in [1.82, 2.24) is 20.1 Å². The van der Waals surface area contributed by atoms with Crippen LogP contribution in [0.4, 0.5) is 0 Å². The summed E-state index contributed by atoms with van der Waals surface area (Å²) < 4.78 is 7.40. The van der Waals surface area contributed by atoms with Crippen molar-refractivity contribution in [2.75, 3.05) is 0 Å². The number of rotatable bonds is 5. The predicted molar refractivity (Wildman–Crippen MR) is 69.3 cm³/mol. The van der Waals surface area contributed by atoms with Gasteiger partial charge in [0.2, 0.25) is 0 Å². The van der Waals surface area contributed by atoms with E-state index in [-0.39, 0.29) is 0 Å². The molecule has 0 bridgehead atoms. The molecule has 2 aromatic rings. The minimum absolute atomic E-state index is 0.461. The molecule has 5 nitrogen and oxygen atoms in total. The highest BCUT2D eigenvalue weighted by atomic mass is 16.3. The second-order valence-corrected chi connectivity index (χ2v) is 4.77. The van der Waals surface area contributed by atoms with Gasteiger partial charge in [-0.3, -0.25) is 0 Å². The number of furan rings is 1. The highest BCUT2D eigenvalue weighted by Gasteiger charge is 2.10. The first kappa shape index (κ1) is 12.8. The maximum absolute atomic E-state index is 5.54. The minimum Gasteiger partial charge on any atom is -0.467 e. The lowest BCUT2D eigenvalue weighted by molar-refractivity contribution is 0.465. The number of nitrogens with zero attached hydrogens (tertiary/aromatic N) is 3. The number of nitrogens with one attached hydrogen (secondary N) is 1. The van der Waals surface area contributed by atoms with Crippen LogP contribution in [-0.4, -0.2) is 20.8 Å². The van der Waals surface area contributed by atoms with Gasteiger partial charge < -0.3 is 9.73 Å². The Hall–Kier alpha value is -1.62. The molecule has 5 heteroatoms. The first-order chi connectivity index (χ1) is 8.56. The van der Waals surface area contributed by atoms with E-state index >= 15 is 0 Å². The fourth-order valence-corrected chi connectivity index (χ4v) is 1.82. The van der Waals surface area contributed by atoms with E-state index < -0.39 is 0 Å². The van der Waals surface area contributed by atoms with Gasteiger partial charge in [0, 0.05) is 18.2 Å². The Bertz CT molecular complexity index is 513. The number of hydrogen-bond donors (Lipinski definition) is 1. The molecule has 0 saturated carbocycles. The maximum atomic E-state index is 5.54. The topological polar surface area (TPSA) is 55.9 Å². The van der Waals surface area contributed by atoms with E-state index in [2.05, 4.69) is 29.2 Å². The molecule has 0 saturated heterocycles. The maximum Gasteiger partial charge on any atom is 0.147 e. The molecule has 1 N–H and O–H groups in total. The summed E-state index contributed by atoms with van der Waals surface area (Å²) in [5.74, 6) is 2.64. The van der Waals surface area contributed by atoms with Gasteiger partial charge in [-0.05, 0) is 19.9 Å². The van der Waals surface area contributed by atoms with E-state index in [9.17, 15) is 0 Å². The smallest absolute Gasteiger partial charge is 0.147 e. The second-order valence-electron chi connectivity index (χ2n) is 4.77. The van der Waals surface area contributed by atoms with Gasteiger partial charge in [0.25, 0.3) is 0 Å². The van der Waals surface area contributed by atoms with Crippen LogP contribution in [0.25, 0.3) is 0 Å². The van der Waals surface area contributed by atoms with Crippen LogP contribution in [0.5, 0.6) is 0 Å². The van der Waals surface area contributed by atoms with Crippen LogP contribution in [0, 0.1) is 13.8 Å². The van der Waals surface area contributed by atoms with E-state index in [1.165, 1.54) is 5.56 Å². The Morgan fingerprint density at radius 1 is 1.39 bits per heavy atom. The van der Waals surface area contributed by atoms with Crippen LogP contribution in [0.15, 0.2) is 16.7 Å². The van der Waals surface area contributed by atoms with Gasteiger partial charge in [-0.2, -0.15) is 5.10 Å². The molecule has 18 heavy (non-hydrogen) atoms. The average molecular weight is 248 g/mol. The van der Waals surface area contributed by atoms with Crippen molar-refractivity contribution >= 4 is 0 Å². The molecule has 2 aromatic heterocycles. The van der Waals surface area contributed by atoms with Crippen molar-refractivity contribution in [3.05, 3.63) is 35.3 Å². The largest absolute Gasteiger partial charge is 0.467 e. The SMILES string of the molecule is Cc1nc(C)n(Cc2occc2CNC(C)C)n1. The van der Waals surface area contributed by atoms with Crippen LogP contribution in [0.3, 0.4) is 0 Å². The fourth-order valence-electron chi connectivity index (χ4n) is 1.82. The van der Waals surface area contributed by atoms with Crippen molar-refractivity contribution in [3.63, 3.8) is 0 Å². The monoisotopic (exact) mass is 248 g/mol. The summed E-state index contributed by atoms with van der Waals surface area (Å²) in [7, 11) is 0. The van der Waals surface area contributed by atoms with Crippen molar-refractivity contribution < 1.29 is 4.42 Å². The Labute approximate surface area is 107 Å².